The molecule has 34 heteroatoms. The van der Waals surface area contributed by atoms with Crippen LogP contribution in [0.2, 0.25) is 0 Å². The van der Waals surface area contributed by atoms with Gasteiger partial charge in [0.1, 0.15) is 63.8 Å². The molecule has 3 atom stereocenters. The van der Waals surface area contributed by atoms with Crippen molar-refractivity contribution in [1.82, 2.24) is 49.8 Å². The maximum absolute atomic E-state index is 13.1. The minimum atomic E-state index is -2.98. The second-order valence-corrected chi connectivity index (χ2v) is 33.8. The Kier molecular flexibility index (Phi) is 31.5. The van der Waals surface area contributed by atoms with Crippen molar-refractivity contribution in [2.75, 3.05) is 68.8 Å². The number of aliphatic hydroxyl groups excluding tert-OH is 2. The molecule has 0 radical (unpaired) electrons. The molecule has 4 saturated carbocycles. The van der Waals surface area contributed by atoms with Gasteiger partial charge in [-0.15, -0.1) is 6.42 Å². The maximum atomic E-state index is 13.1. The third kappa shape index (κ3) is 26.1. The van der Waals surface area contributed by atoms with Gasteiger partial charge in [-0.3, -0.25) is 9.59 Å². The largest absolute Gasteiger partial charge is 0.471 e. The van der Waals surface area contributed by atoms with Gasteiger partial charge in [-0.25, -0.2) is 47.5 Å². The molecular weight excluding hydrogens is 1600 g/mol. The standard InChI is InChI=1S/C24H25N5O.C23H27N5O2.C22H27F2N7O2.C22H28F2N6O2/c1-2-17-15-27-24(29-23(17)28-20-7-9-21(30)10-8-20)26-12-11-19-6-5-18-4-3-16(14-25)13-22(18)19;1-15-6-8-18(9-7-15)27-21-17(13-24)14-26-22(28-21)25-11-10-23(30)19-5-3-2-4-16(19)12-20(23)29;1-21(19(26)32)7-5-16(6-8-21)30-17-15(10-25)12-29-20(31-17)28-11-14-4-3-9-27-18(14)33-13-22(2,23)24;1-21(2)9-16(6-7-17(21)31)29-18-15(10-25)12-28-20(30-18)27-11-14-5-4-8-26-19(14)32-13-22(3,23)24/h1,3-4,6,13,15,20-21,30H,5,7-12H2,(H2,26,27,28,29);2-5,14-15,18,30H,6-12H2,1H3,(H2,25,26,27,28);3-4,9,12,16H,5-8,11,13H2,1-2H3,(H2,26,32)(H2,28,29,30,31);4-5,8,12,16-17,31H,6-7,9,11,13H2,1-3H3,(H2,27,28,29,30)/t;;;16-,17-/m...1/s1. The highest BCUT2D eigenvalue weighted by Gasteiger charge is 2.44. The van der Waals surface area contributed by atoms with E-state index in [9.17, 15) is 58.3 Å². The molecule has 0 spiro atoms. The number of nitrogens with zero attached hydrogens (tertiary/aromatic N) is 14. The molecule has 6 aromatic heterocycles. The van der Waals surface area contributed by atoms with Gasteiger partial charge in [-0.1, -0.05) is 82.2 Å². The van der Waals surface area contributed by atoms with Crippen molar-refractivity contribution in [3.05, 3.63) is 171 Å². The van der Waals surface area contributed by atoms with Crippen LogP contribution in [0.15, 0.2) is 110 Å². The Morgan fingerprint density at radius 1 is 0.584 bits per heavy atom. The Labute approximate surface area is 725 Å². The van der Waals surface area contributed by atoms with Gasteiger partial charge in [0.25, 0.3) is 11.8 Å². The number of nitriles is 4. The minimum absolute atomic E-state index is 0.0429. The van der Waals surface area contributed by atoms with E-state index >= 15 is 0 Å². The number of alkyl halides is 4. The number of allylic oxidation sites excluding steroid dienone is 1. The summed E-state index contributed by atoms with van der Waals surface area (Å²) in [5.41, 5.74) is 12.0. The van der Waals surface area contributed by atoms with Gasteiger partial charge in [0.05, 0.1) is 54.2 Å². The second kappa shape index (κ2) is 42.4. The quantitative estimate of drug-likeness (QED) is 0.0153. The third-order valence-corrected chi connectivity index (χ3v) is 23.3. The Bertz CT molecular complexity index is 5320. The first kappa shape index (κ1) is 92.8. The molecular formula is C91H107F4N23O7. The normalized spacial score (nSPS) is 21.5. The fourth-order valence-corrected chi connectivity index (χ4v) is 15.8. The highest BCUT2D eigenvalue weighted by molar-refractivity contribution is 5.95. The first-order valence-corrected chi connectivity index (χ1v) is 42.1. The molecule has 6 aliphatic carbocycles. The van der Waals surface area contributed by atoms with Crippen LogP contribution in [0.25, 0.3) is 5.57 Å². The van der Waals surface area contributed by atoms with Crippen LogP contribution >= 0.6 is 0 Å². The molecule has 13 N–H and O–H groups in total. The highest BCUT2D eigenvalue weighted by Crippen LogP contribution is 2.41. The van der Waals surface area contributed by atoms with E-state index in [1.54, 1.807) is 30.5 Å². The van der Waals surface area contributed by atoms with Crippen LogP contribution in [0.1, 0.15) is 212 Å². The maximum Gasteiger partial charge on any atom is 0.278 e. The molecule has 656 valence electrons. The van der Waals surface area contributed by atoms with E-state index < -0.39 is 36.1 Å². The number of terminal acetylenes is 1. The molecule has 4 fully saturated rings. The number of pyridine rings is 2. The number of benzene rings is 2. The Morgan fingerprint density at radius 3 is 1.55 bits per heavy atom. The lowest BCUT2D eigenvalue weighted by Gasteiger charge is -2.40. The number of rotatable bonds is 29. The number of nitrogens with one attached hydrogen (secondary N) is 8. The summed E-state index contributed by atoms with van der Waals surface area (Å²) in [4.78, 5) is 66.9. The van der Waals surface area contributed by atoms with Crippen molar-refractivity contribution in [1.29, 1.82) is 21.0 Å². The summed E-state index contributed by atoms with van der Waals surface area (Å²) in [5.74, 6) is 0.615. The van der Waals surface area contributed by atoms with E-state index in [2.05, 4.69) is 136 Å². The summed E-state index contributed by atoms with van der Waals surface area (Å²) in [6.07, 6.45) is 31.2. The lowest BCUT2D eigenvalue weighted by molar-refractivity contribution is -0.136. The number of halogens is 4. The Morgan fingerprint density at radius 2 is 1.06 bits per heavy atom. The molecule has 125 heavy (non-hydrogen) atoms. The number of anilines is 8. The molecule has 30 nitrogen and oxygen atoms in total. The molecule has 6 aliphatic rings. The van der Waals surface area contributed by atoms with Crippen LogP contribution in [0, 0.1) is 74.4 Å². The van der Waals surface area contributed by atoms with Crippen LogP contribution in [-0.2, 0) is 41.1 Å². The number of aliphatic hydroxyl groups is 3. The molecule has 0 bridgehead atoms. The summed E-state index contributed by atoms with van der Waals surface area (Å²) >= 11 is 0. The van der Waals surface area contributed by atoms with Crippen molar-refractivity contribution in [3.8, 4) is 48.4 Å². The van der Waals surface area contributed by atoms with Gasteiger partial charge >= 0.3 is 0 Å². The van der Waals surface area contributed by atoms with Gasteiger partial charge in [0.15, 0.2) is 19.0 Å². The van der Waals surface area contributed by atoms with E-state index in [0.717, 1.165) is 102 Å². The Balaban J connectivity index is 0.000000162. The summed E-state index contributed by atoms with van der Waals surface area (Å²) in [6, 6.07) is 29.2. The molecule has 0 aliphatic heterocycles. The first-order valence-electron chi connectivity index (χ1n) is 42.1. The fraction of sp³-hybridized carbons (Fsp3) is 0.473. The van der Waals surface area contributed by atoms with Crippen LogP contribution in [0.4, 0.5) is 64.6 Å². The molecule has 8 aromatic rings. The summed E-state index contributed by atoms with van der Waals surface area (Å²) in [5, 5.41) is 94.1. The smallest absolute Gasteiger partial charge is 0.278 e. The van der Waals surface area contributed by atoms with Crippen molar-refractivity contribution >= 4 is 64.3 Å². The summed E-state index contributed by atoms with van der Waals surface area (Å²) < 4.78 is 62.9. The average molecular weight is 1710 g/mol. The van der Waals surface area contributed by atoms with Gasteiger partial charge in [-0.2, -0.15) is 41.0 Å². The SMILES string of the molecule is C#Cc1cnc(NCCC2=CCc3ccc(C#N)cc32)nc1NC1CCC(O)CC1.CC(F)(F)COc1ncccc1CNc1ncc(C#N)c(NC2CCC(C)(C(N)=O)CC2)n1.CC(F)(F)COc1ncccc1CNc1ncc(C#N)c(N[C@@H]2CC[C@@H](O)C(C)(C)C2)n1.CC1CCC(Nc2nc(NCCC3(O)C(=O)Cc4ccccc43)ncc2C#N)CC1. The number of fused-ring (bicyclic) bond motifs is 2. The van der Waals surface area contributed by atoms with Crippen LogP contribution < -0.4 is 57.7 Å². The summed E-state index contributed by atoms with van der Waals surface area (Å²) in [7, 11) is 0. The number of primary amides is 1. The zero-order valence-corrected chi connectivity index (χ0v) is 71.0. The van der Waals surface area contributed by atoms with Gasteiger partial charge in [-0.05, 0) is 173 Å². The zero-order chi connectivity index (χ0) is 89.5. The van der Waals surface area contributed by atoms with Crippen molar-refractivity contribution in [2.24, 2.45) is 22.5 Å². The topological polar surface area (TPSA) is 460 Å². The van der Waals surface area contributed by atoms with E-state index in [1.807, 2.05) is 63.2 Å². The fourth-order valence-electron chi connectivity index (χ4n) is 15.8. The number of aromatic nitrogens is 10. The molecule has 6 heterocycles. The van der Waals surface area contributed by atoms with E-state index in [-0.39, 0.29) is 97.0 Å². The predicted molar refractivity (Wildman–Crippen MR) is 465 cm³/mol. The second-order valence-electron chi connectivity index (χ2n) is 33.8. The van der Waals surface area contributed by atoms with E-state index in [0.29, 0.717) is 118 Å². The van der Waals surface area contributed by atoms with Gasteiger partial charge in [0.2, 0.25) is 41.5 Å². The predicted octanol–water partition coefficient (Wildman–Crippen LogP) is 13.6. The van der Waals surface area contributed by atoms with Crippen molar-refractivity contribution < 1.29 is 51.9 Å². The van der Waals surface area contributed by atoms with Crippen molar-refractivity contribution in [3.63, 3.8) is 0 Å². The number of nitrogens with two attached hydrogens (primary N) is 1. The van der Waals surface area contributed by atoms with Gasteiger partial charge < -0.3 is 73.1 Å². The number of amides is 1. The minimum Gasteiger partial charge on any atom is -0.471 e. The monoisotopic (exact) mass is 1710 g/mol. The third-order valence-electron chi connectivity index (χ3n) is 23.3. The molecule has 1 amide bonds. The number of carbonyl (C=O) groups excluding carboxylic acids is 2. The summed E-state index contributed by atoms with van der Waals surface area (Å²) in [6.45, 7) is 9.58. The van der Waals surface area contributed by atoms with Crippen LogP contribution in [0.3, 0.4) is 0 Å². The molecule has 14 rings (SSSR count). The highest BCUT2D eigenvalue weighted by atomic mass is 19.3. The Hall–Kier alpha value is -12.9. The number of ketones is 1. The zero-order valence-electron chi connectivity index (χ0n) is 71.0. The molecule has 0 saturated heterocycles. The number of hydrogen-bond donors (Lipinski definition) is 12. The molecule has 1 unspecified atom stereocenters. The van der Waals surface area contributed by atoms with Crippen LogP contribution in [0.5, 0.6) is 11.8 Å². The number of Topliss-reactive ketones (excluding diaryl/α,β-unsaturated/α-hetero) is 1. The lowest BCUT2D eigenvalue weighted by Crippen LogP contribution is -2.41. The van der Waals surface area contributed by atoms with E-state index in [4.69, 9.17) is 26.9 Å². The van der Waals surface area contributed by atoms with Crippen molar-refractivity contribution in [2.45, 2.75) is 230 Å². The number of ether oxygens (including phenoxy) is 2. The average Bonchev–Trinajstić information content (AvgIpc) is 1.62. The number of hydrogen-bond acceptors (Lipinski definition) is 29. The lowest BCUT2D eigenvalue weighted by atomic mass is 9.73. The van der Waals surface area contributed by atoms with Gasteiger partial charge in [0, 0.05) is 106 Å². The molecule has 2 aromatic carbocycles. The first-order chi connectivity index (χ1) is 59.8. The van der Waals surface area contributed by atoms with Crippen LogP contribution in [-0.4, -0.2) is 151 Å². The van der Waals surface area contributed by atoms with E-state index in [1.165, 1.54) is 60.5 Å². The number of carbonyl (C=O) groups is 2.